The molecule has 1 aromatic carbocycles. The van der Waals surface area contributed by atoms with Crippen LogP contribution in [0.4, 0.5) is 0 Å². The van der Waals surface area contributed by atoms with E-state index in [1.165, 1.54) is 7.11 Å². The van der Waals surface area contributed by atoms with Crippen LogP contribution in [0.5, 0.6) is 11.5 Å². The normalized spacial score (nSPS) is 11.8. The van der Waals surface area contributed by atoms with Gasteiger partial charge in [-0.15, -0.1) is 12.4 Å². The van der Waals surface area contributed by atoms with E-state index in [2.05, 4.69) is 22.9 Å². The van der Waals surface area contributed by atoms with Crippen molar-refractivity contribution in [3.05, 3.63) is 22.2 Å². The van der Waals surface area contributed by atoms with E-state index in [0.717, 1.165) is 24.8 Å². The number of phenols is 1. The Bertz CT molecular complexity index is 361. The van der Waals surface area contributed by atoms with Crippen LogP contribution in [0.25, 0.3) is 0 Å². The maximum Gasteiger partial charge on any atom is 0.172 e. The highest BCUT2D eigenvalue weighted by Gasteiger charge is 2.12. The molecular formula is C12H19BrClNO2. The summed E-state index contributed by atoms with van der Waals surface area (Å²) in [6.45, 7) is 2.14. The number of unbranched alkanes of at least 4 members (excludes halogenated alkanes) is 1. The average molecular weight is 325 g/mol. The smallest absolute Gasteiger partial charge is 0.172 e. The van der Waals surface area contributed by atoms with Gasteiger partial charge in [0.05, 0.1) is 11.6 Å². The number of nitrogens with two attached hydrogens (primary N) is 1. The van der Waals surface area contributed by atoms with Gasteiger partial charge in [0.15, 0.2) is 11.5 Å². The summed E-state index contributed by atoms with van der Waals surface area (Å²) in [5.41, 5.74) is 7.05. The first kappa shape index (κ1) is 16.6. The van der Waals surface area contributed by atoms with Gasteiger partial charge in [-0.2, -0.15) is 0 Å². The highest BCUT2D eigenvalue weighted by Crippen LogP contribution is 2.37. The second-order valence-electron chi connectivity index (χ2n) is 3.80. The summed E-state index contributed by atoms with van der Waals surface area (Å²) in [5.74, 6) is 0.574. The molecule has 0 amide bonds. The highest BCUT2D eigenvalue weighted by molar-refractivity contribution is 9.10. The van der Waals surface area contributed by atoms with Crippen molar-refractivity contribution < 1.29 is 9.84 Å². The van der Waals surface area contributed by atoms with Crippen LogP contribution in [0.2, 0.25) is 0 Å². The number of phenolic OH excluding ortho intramolecular Hbond substituents is 1. The van der Waals surface area contributed by atoms with Gasteiger partial charge in [0, 0.05) is 6.04 Å². The minimum Gasteiger partial charge on any atom is -0.503 e. The van der Waals surface area contributed by atoms with Crippen LogP contribution >= 0.6 is 28.3 Å². The lowest BCUT2D eigenvalue weighted by Gasteiger charge is -2.14. The lowest BCUT2D eigenvalue weighted by Crippen LogP contribution is -2.10. The van der Waals surface area contributed by atoms with Gasteiger partial charge in [-0.05, 0) is 40.0 Å². The molecule has 98 valence electrons. The molecule has 0 bridgehead atoms. The van der Waals surface area contributed by atoms with Crippen LogP contribution in [0.1, 0.15) is 37.8 Å². The third-order valence-corrected chi connectivity index (χ3v) is 3.17. The number of aromatic hydroxyl groups is 1. The molecule has 0 aliphatic carbocycles. The molecule has 17 heavy (non-hydrogen) atoms. The van der Waals surface area contributed by atoms with Gasteiger partial charge >= 0.3 is 0 Å². The fraction of sp³-hybridized carbons (Fsp3) is 0.500. The standard InChI is InChI=1S/C12H18BrNO2.ClH/c1-3-4-5-10(14)8-6-9(13)12(15)11(7-8)16-2;/h6-7,10,15H,3-5,14H2,1-2H3;1H/t10-;/m1./s1. The molecule has 1 atom stereocenters. The lowest BCUT2D eigenvalue weighted by atomic mass is 10.0. The van der Waals surface area contributed by atoms with Crippen molar-refractivity contribution in [3.8, 4) is 11.5 Å². The number of benzene rings is 1. The number of hydrogen-bond donors (Lipinski definition) is 2. The number of hydrogen-bond acceptors (Lipinski definition) is 3. The Labute approximate surface area is 117 Å². The molecule has 3 N–H and O–H groups in total. The summed E-state index contributed by atoms with van der Waals surface area (Å²) in [6.07, 6.45) is 3.17. The maximum absolute atomic E-state index is 9.67. The minimum absolute atomic E-state index is 0. The fourth-order valence-corrected chi connectivity index (χ4v) is 2.01. The van der Waals surface area contributed by atoms with Crippen molar-refractivity contribution in [1.82, 2.24) is 0 Å². The zero-order valence-corrected chi connectivity index (χ0v) is 12.5. The predicted octanol–water partition coefficient (Wildman–Crippen LogP) is 3.78. The van der Waals surface area contributed by atoms with E-state index in [4.69, 9.17) is 10.5 Å². The average Bonchev–Trinajstić information content (AvgIpc) is 2.29. The van der Waals surface area contributed by atoms with Gasteiger partial charge < -0.3 is 15.6 Å². The Balaban J connectivity index is 0.00000256. The molecule has 5 heteroatoms. The van der Waals surface area contributed by atoms with Crippen LogP contribution in [0.15, 0.2) is 16.6 Å². The number of methoxy groups -OCH3 is 1. The summed E-state index contributed by atoms with van der Waals surface area (Å²) < 4.78 is 5.70. The zero-order chi connectivity index (χ0) is 12.1. The fourth-order valence-electron chi connectivity index (χ4n) is 1.55. The van der Waals surface area contributed by atoms with Crippen molar-refractivity contribution in [1.29, 1.82) is 0 Å². The van der Waals surface area contributed by atoms with E-state index >= 15 is 0 Å². The molecule has 0 spiro atoms. The molecule has 0 aliphatic rings. The van der Waals surface area contributed by atoms with E-state index in [9.17, 15) is 5.11 Å². The maximum atomic E-state index is 9.67. The number of ether oxygens (including phenoxy) is 1. The van der Waals surface area contributed by atoms with E-state index in [1.807, 2.05) is 6.07 Å². The predicted molar refractivity (Wildman–Crippen MR) is 76.1 cm³/mol. The summed E-state index contributed by atoms with van der Waals surface area (Å²) in [6, 6.07) is 3.63. The molecule has 3 nitrogen and oxygen atoms in total. The SMILES string of the molecule is CCCC[C@@H](N)c1cc(Br)c(O)c(OC)c1.Cl. The Morgan fingerprint density at radius 2 is 2.12 bits per heavy atom. The van der Waals surface area contributed by atoms with Crippen LogP contribution in [0, 0.1) is 0 Å². The first-order valence-corrected chi connectivity index (χ1v) is 6.21. The summed E-state index contributed by atoms with van der Waals surface area (Å²) in [4.78, 5) is 0. The van der Waals surface area contributed by atoms with E-state index in [1.54, 1.807) is 6.07 Å². The van der Waals surface area contributed by atoms with E-state index < -0.39 is 0 Å². The van der Waals surface area contributed by atoms with Crippen LogP contribution < -0.4 is 10.5 Å². The topological polar surface area (TPSA) is 55.5 Å². The molecule has 0 unspecified atom stereocenters. The van der Waals surface area contributed by atoms with Crippen molar-refractivity contribution in [2.75, 3.05) is 7.11 Å². The molecular weight excluding hydrogens is 305 g/mol. The van der Waals surface area contributed by atoms with Crippen molar-refractivity contribution in [2.24, 2.45) is 5.73 Å². The highest BCUT2D eigenvalue weighted by atomic mass is 79.9. The summed E-state index contributed by atoms with van der Waals surface area (Å²) in [5, 5.41) is 9.67. The van der Waals surface area contributed by atoms with Crippen LogP contribution in [-0.2, 0) is 0 Å². The van der Waals surface area contributed by atoms with Gasteiger partial charge in [-0.1, -0.05) is 19.8 Å². The van der Waals surface area contributed by atoms with Gasteiger partial charge in [0.1, 0.15) is 0 Å². The monoisotopic (exact) mass is 323 g/mol. The Morgan fingerprint density at radius 1 is 1.47 bits per heavy atom. The molecule has 1 aromatic rings. The van der Waals surface area contributed by atoms with Crippen molar-refractivity contribution >= 4 is 28.3 Å². The van der Waals surface area contributed by atoms with Crippen molar-refractivity contribution in [2.45, 2.75) is 32.2 Å². The van der Waals surface area contributed by atoms with E-state index in [-0.39, 0.29) is 24.2 Å². The van der Waals surface area contributed by atoms with Gasteiger partial charge in [0.2, 0.25) is 0 Å². The largest absolute Gasteiger partial charge is 0.503 e. The second-order valence-corrected chi connectivity index (χ2v) is 4.66. The quantitative estimate of drug-likeness (QED) is 0.866. The van der Waals surface area contributed by atoms with Gasteiger partial charge in [-0.25, -0.2) is 0 Å². The molecule has 0 heterocycles. The van der Waals surface area contributed by atoms with Gasteiger partial charge in [-0.3, -0.25) is 0 Å². The summed E-state index contributed by atoms with van der Waals surface area (Å²) >= 11 is 3.29. The van der Waals surface area contributed by atoms with Gasteiger partial charge in [0.25, 0.3) is 0 Å². The molecule has 1 rings (SSSR count). The molecule has 0 aliphatic heterocycles. The Hall–Kier alpha value is -0.450. The molecule has 0 saturated carbocycles. The van der Waals surface area contributed by atoms with Crippen LogP contribution in [-0.4, -0.2) is 12.2 Å². The third kappa shape index (κ3) is 4.37. The first-order valence-electron chi connectivity index (χ1n) is 5.42. The lowest BCUT2D eigenvalue weighted by molar-refractivity contribution is 0.370. The second kappa shape index (κ2) is 7.80. The van der Waals surface area contributed by atoms with Crippen molar-refractivity contribution in [3.63, 3.8) is 0 Å². The first-order chi connectivity index (χ1) is 7.60. The molecule has 0 radical (unpaired) electrons. The number of halogens is 2. The molecule has 0 fully saturated rings. The van der Waals surface area contributed by atoms with E-state index in [0.29, 0.717) is 10.2 Å². The summed E-state index contributed by atoms with van der Waals surface area (Å²) in [7, 11) is 1.53. The van der Waals surface area contributed by atoms with Crippen LogP contribution in [0.3, 0.4) is 0 Å². The molecule has 0 saturated heterocycles. The third-order valence-electron chi connectivity index (χ3n) is 2.57. The Kier molecular flexibility index (Phi) is 7.59. The Morgan fingerprint density at radius 3 is 2.65 bits per heavy atom. The number of rotatable bonds is 5. The zero-order valence-electron chi connectivity index (χ0n) is 10.1. The molecule has 0 aromatic heterocycles. The minimum atomic E-state index is -0.00856.